The maximum absolute atomic E-state index is 15.0. The van der Waals surface area contributed by atoms with Crippen molar-refractivity contribution in [3.05, 3.63) is 82.8 Å². The van der Waals surface area contributed by atoms with Gasteiger partial charge < -0.3 is 19.1 Å². The molecule has 2 amide bonds. The molecule has 4 aromatic rings. The molecule has 0 bridgehead atoms. The number of hydrogen-bond acceptors (Lipinski definition) is 7. The number of pyridine rings is 1. The Hall–Kier alpha value is -4.62. The largest absolute Gasteiger partial charge is 0.493 e. The van der Waals surface area contributed by atoms with E-state index in [1.54, 1.807) is 24.4 Å². The Balaban J connectivity index is 1.20. The van der Waals surface area contributed by atoms with E-state index in [1.807, 2.05) is 0 Å². The number of likely N-dealkylation sites (tertiary alicyclic amines) is 1. The van der Waals surface area contributed by atoms with E-state index in [4.69, 9.17) is 25.8 Å². The van der Waals surface area contributed by atoms with Crippen LogP contribution in [0, 0.1) is 5.82 Å². The highest BCUT2D eigenvalue weighted by atomic mass is 35.5. The third-order valence-corrected chi connectivity index (χ3v) is 7.73. The van der Waals surface area contributed by atoms with Gasteiger partial charge in [-0.2, -0.15) is 18.2 Å². The van der Waals surface area contributed by atoms with Gasteiger partial charge in [-0.25, -0.2) is 14.6 Å². The van der Waals surface area contributed by atoms with Gasteiger partial charge in [-0.05, 0) is 86.4 Å². The van der Waals surface area contributed by atoms with E-state index in [0.717, 1.165) is 50.5 Å². The number of ether oxygens (including phenoxy) is 3. The van der Waals surface area contributed by atoms with Gasteiger partial charge >= 0.3 is 12.2 Å². The summed E-state index contributed by atoms with van der Waals surface area (Å²) < 4.78 is 71.7. The van der Waals surface area contributed by atoms with E-state index in [-0.39, 0.29) is 17.0 Å². The molecule has 0 aliphatic carbocycles. The molecule has 9 nitrogen and oxygen atoms in total. The second kappa shape index (κ2) is 15.3. The fraction of sp³-hybridized carbons (Fsp3) is 0.303. The lowest BCUT2D eigenvalue weighted by Crippen LogP contribution is -2.31. The predicted molar refractivity (Wildman–Crippen MR) is 171 cm³/mol. The van der Waals surface area contributed by atoms with Crippen LogP contribution in [0.25, 0.3) is 10.9 Å². The molecule has 248 valence electrons. The van der Waals surface area contributed by atoms with Gasteiger partial charge in [0.1, 0.15) is 5.75 Å². The van der Waals surface area contributed by atoms with Gasteiger partial charge in [0.2, 0.25) is 0 Å². The number of nitrogens with one attached hydrogen (secondary N) is 2. The van der Waals surface area contributed by atoms with Crippen molar-refractivity contribution in [2.24, 2.45) is 4.99 Å². The van der Waals surface area contributed by atoms with Crippen LogP contribution in [0.3, 0.4) is 0 Å². The molecule has 0 radical (unpaired) electrons. The number of urea groups is 1. The average molecular weight is 674 g/mol. The molecule has 14 heteroatoms. The number of carbonyl (C=O) groups is 1. The predicted octanol–water partition coefficient (Wildman–Crippen LogP) is 8.26. The first kappa shape index (κ1) is 33.7. The van der Waals surface area contributed by atoms with Crippen molar-refractivity contribution in [2.45, 2.75) is 31.9 Å². The van der Waals surface area contributed by atoms with Crippen LogP contribution in [0.2, 0.25) is 5.02 Å². The number of benzene rings is 3. The third-order valence-electron chi connectivity index (χ3n) is 7.40. The second-order valence-electron chi connectivity index (χ2n) is 10.7. The molecule has 0 spiro atoms. The van der Waals surface area contributed by atoms with Crippen LogP contribution in [0.5, 0.6) is 23.0 Å². The zero-order valence-electron chi connectivity index (χ0n) is 25.4. The Labute approximate surface area is 273 Å². The Morgan fingerprint density at radius 3 is 2.57 bits per heavy atom. The first-order chi connectivity index (χ1) is 22.6. The smallest absolute Gasteiger partial charge is 0.417 e. The number of halogens is 5. The average Bonchev–Trinajstić information content (AvgIpc) is 3.06. The Bertz CT molecular complexity index is 1750. The maximum atomic E-state index is 15.0. The fourth-order valence-corrected chi connectivity index (χ4v) is 5.28. The first-order valence-corrected chi connectivity index (χ1v) is 15.2. The molecule has 1 saturated heterocycles. The quantitative estimate of drug-likeness (QED) is 0.0716. The SMILES string of the molecule is COc1cc2c(Oc3ccc(C=NC(=O)NNc4ccc(Cl)c(C(F)(F)F)c4)cc3F)ccnc2cc1OCCCN1CCCCC1. The van der Waals surface area contributed by atoms with E-state index in [0.29, 0.717) is 34.8 Å². The lowest BCUT2D eigenvalue weighted by Gasteiger charge is -2.26. The van der Waals surface area contributed by atoms with E-state index >= 15 is 4.39 Å². The topological polar surface area (TPSA) is 97.3 Å². The van der Waals surface area contributed by atoms with Crippen LogP contribution in [0.15, 0.2) is 65.8 Å². The third kappa shape index (κ3) is 9.01. The highest BCUT2D eigenvalue weighted by Crippen LogP contribution is 2.38. The summed E-state index contributed by atoms with van der Waals surface area (Å²) in [5, 5.41) is 0.105. The summed E-state index contributed by atoms with van der Waals surface area (Å²) in [5.74, 6) is 0.577. The van der Waals surface area contributed by atoms with Crippen LogP contribution in [-0.2, 0) is 6.18 Å². The number of carbonyl (C=O) groups excluding carboxylic acids is 1. The monoisotopic (exact) mass is 673 g/mol. The lowest BCUT2D eigenvalue weighted by molar-refractivity contribution is -0.137. The van der Waals surface area contributed by atoms with E-state index in [2.05, 4.69) is 25.7 Å². The summed E-state index contributed by atoms with van der Waals surface area (Å²) in [7, 11) is 1.54. The Morgan fingerprint density at radius 2 is 1.83 bits per heavy atom. The molecule has 2 N–H and O–H groups in total. The Kier molecular flexibility index (Phi) is 11.0. The molecule has 3 aromatic carbocycles. The number of methoxy groups -OCH3 is 1. The number of hydrogen-bond donors (Lipinski definition) is 2. The summed E-state index contributed by atoms with van der Waals surface area (Å²) in [6.45, 7) is 3.76. The van der Waals surface area contributed by atoms with E-state index in [9.17, 15) is 18.0 Å². The molecule has 1 aliphatic rings. The van der Waals surface area contributed by atoms with Gasteiger partial charge in [0.25, 0.3) is 0 Å². The normalized spacial score (nSPS) is 13.9. The van der Waals surface area contributed by atoms with Gasteiger partial charge in [0.05, 0.1) is 35.5 Å². The van der Waals surface area contributed by atoms with Crippen molar-refractivity contribution < 1.29 is 36.6 Å². The molecule has 0 saturated carbocycles. The number of piperidine rings is 1. The van der Waals surface area contributed by atoms with Crippen molar-refractivity contribution in [2.75, 3.05) is 38.8 Å². The standard InChI is InChI=1S/C33H32ClF4N5O4/c1-45-30-18-23-27(19-31(30)46-15-5-14-43-12-3-2-4-13-43)39-11-10-28(23)47-29-9-6-21(16-26(29)35)20-40-32(44)42-41-22-7-8-25(34)24(17-22)33(36,37)38/h6-11,16-20,41H,2-5,12-15H2,1H3,(H,42,44). The molecular formula is C33H32ClF4N5O4. The molecule has 1 fully saturated rings. The Morgan fingerprint density at radius 1 is 1.02 bits per heavy atom. The van der Waals surface area contributed by atoms with Gasteiger partial charge in [-0.3, -0.25) is 10.4 Å². The highest BCUT2D eigenvalue weighted by molar-refractivity contribution is 6.31. The summed E-state index contributed by atoms with van der Waals surface area (Å²) in [5.41, 5.74) is 4.15. The molecular weight excluding hydrogens is 642 g/mol. The zero-order chi connectivity index (χ0) is 33.4. The number of aliphatic imine (C=N–C) groups is 1. The van der Waals surface area contributed by atoms with Crippen molar-refractivity contribution >= 4 is 40.4 Å². The molecule has 47 heavy (non-hydrogen) atoms. The van der Waals surface area contributed by atoms with Crippen molar-refractivity contribution in [1.29, 1.82) is 0 Å². The zero-order valence-corrected chi connectivity index (χ0v) is 26.1. The molecule has 0 atom stereocenters. The number of rotatable bonds is 11. The van der Waals surface area contributed by atoms with Crippen LogP contribution < -0.4 is 25.1 Å². The summed E-state index contributed by atoms with van der Waals surface area (Å²) in [6.07, 6.45) is 2.62. The van der Waals surface area contributed by atoms with Gasteiger partial charge in [0, 0.05) is 30.4 Å². The first-order valence-electron chi connectivity index (χ1n) is 14.9. The second-order valence-corrected chi connectivity index (χ2v) is 11.1. The molecule has 0 unspecified atom stereocenters. The number of nitrogens with zero attached hydrogens (tertiary/aromatic N) is 3. The lowest BCUT2D eigenvalue weighted by atomic mass is 10.1. The van der Waals surface area contributed by atoms with Gasteiger partial charge in [-0.15, -0.1) is 0 Å². The summed E-state index contributed by atoms with van der Waals surface area (Å²) in [4.78, 5) is 22.6. The van der Waals surface area contributed by atoms with Crippen LogP contribution in [0.1, 0.15) is 36.8 Å². The number of amides is 2. The summed E-state index contributed by atoms with van der Waals surface area (Å²) in [6, 6.07) is 11.2. The molecule has 5 rings (SSSR count). The van der Waals surface area contributed by atoms with Crippen LogP contribution >= 0.6 is 11.6 Å². The number of hydrazine groups is 1. The van der Waals surface area contributed by atoms with Crippen LogP contribution in [-0.4, -0.2) is 55.5 Å². The van der Waals surface area contributed by atoms with Crippen molar-refractivity contribution in [3.63, 3.8) is 0 Å². The van der Waals surface area contributed by atoms with Gasteiger partial charge in [0.15, 0.2) is 23.1 Å². The summed E-state index contributed by atoms with van der Waals surface area (Å²) >= 11 is 5.60. The number of anilines is 1. The molecule has 1 aromatic heterocycles. The minimum atomic E-state index is -4.67. The molecule has 1 aliphatic heterocycles. The maximum Gasteiger partial charge on any atom is 0.417 e. The number of alkyl halides is 3. The van der Waals surface area contributed by atoms with Crippen LogP contribution in [0.4, 0.5) is 28.0 Å². The number of fused-ring (bicyclic) bond motifs is 1. The van der Waals surface area contributed by atoms with E-state index in [1.165, 1.54) is 44.6 Å². The highest BCUT2D eigenvalue weighted by Gasteiger charge is 2.33. The number of aromatic nitrogens is 1. The van der Waals surface area contributed by atoms with E-state index < -0.39 is 28.6 Å². The minimum Gasteiger partial charge on any atom is -0.493 e. The van der Waals surface area contributed by atoms with Crippen molar-refractivity contribution in [1.82, 2.24) is 15.3 Å². The van der Waals surface area contributed by atoms with Gasteiger partial charge in [-0.1, -0.05) is 18.0 Å². The molecule has 2 heterocycles. The minimum absolute atomic E-state index is 0.0638. The fourth-order valence-electron chi connectivity index (χ4n) is 5.05. The van der Waals surface area contributed by atoms with Crippen molar-refractivity contribution in [3.8, 4) is 23.0 Å².